The number of hydrogen-bond acceptors (Lipinski definition) is 4. The SMILES string of the molecule is COC(=O)c1cc(Cc2ccccc2)sc1NC(=O)c1cccc(I)c1. The van der Waals surface area contributed by atoms with Crippen LogP contribution in [0.15, 0.2) is 60.7 Å². The van der Waals surface area contributed by atoms with Crippen molar-refractivity contribution in [2.24, 2.45) is 0 Å². The van der Waals surface area contributed by atoms with E-state index in [0.29, 0.717) is 22.5 Å². The van der Waals surface area contributed by atoms with Crippen LogP contribution in [0.1, 0.15) is 31.2 Å². The monoisotopic (exact) mass is 477 g/mol. The number of anilines is 1. The molecule has 0 saturated heterocycles. The minimum Gasteiger partial charge on any atom is -0.465 e. The molecule has 1 amide bonds. The molecule has 0 atom stereocenters. The summed E-state index contributed by atoms with van der Waals surface area (Å²) >= 11 is 3.55. The van der Waals surface area contributed by atoms with Crippen molar-refractivity contribution in [3.8, 4) is 0 Å². The molecule has 0 fully saturated rings. The van der Waals surface area contributed by atoms with Gasteiger partial charge in [0.15, 0.2) is 0 Å². The number of carbonyl (C=O) groups excluding carboxylic acids is 2. The third kappa shape index (κ3) is 4.50. The van der Waals surface area contributed by atoms with Crippen molar-refractivity contribution >= 4 is 50.8 Å². The van der Waals surface area contributed by atoms with Crippen molar-refractivity contribution in [1.82, 2.24) is 0 Å². The summed E-state index contributed by atoms with van der Waals surface area (Å²) < 4.78 is 5.83. The second-order valence-electron chi connectivity index (χ2n) is 5.57. The summed E-state index contributed by atoms with van der Waals surface area (Å²) in [6.07, 6.45) is 0.689. The molecule has 2 aromatic carbocycles. The quantitative estimate of drug-likeness (QED) is 0.417. The van der Waals surface area contributed by atoms with Gasteiger partial charge in [0.1, 0.15) is 5.00 Å². The topological polar surface area (TPSA) is 55.4 Å². The zero-order chi connectivity index (χ0) is 18.5. The van der Waals surface area contributed by atoms with Gasteiger partial charge in [0.25, 0.3) is 5.91 Å². The fourth-order valence-electron chi connectivity index (χ4n) is 2.49. The van der Waals surface area contributed by atoms with Gasteiger partial charge in [-0.05, 0) is 52.4 Å². The predicted octanol–water partition coefficient (Wildman–Crippen LogP) is 4.98. The predicted molar refractivity (Wildman–Crippen MR) is 112 cm³/mol. The molecule has 0 spiro atoms. The lowest BCUT2D eigenvalue weighted by molar-refractivity contribution is 0.0602. The van der Waals surface area contributed by atoms with E-state index in [4.69, 9.17) is 4.74 Å². The number of thiophene rings is 1. The molecule has 132 valence electrons. The lowest BCUT2D eigenvalue weighted by atomic mass is 10.1. The highest BCUT2D eigenvalue weighted by atomic mass is 127. The van der Waals surface area contributed by atoms with Gasteiger partial charge < -0.3 is 10.1 Å². The smallest absolute Gasteiger partial charge is 0.340 e. The first kappa shape index (κ1) is 18.6. The number of halogens is 1. The van der Waals surface area contributed by atoms with Crippen LogP contribution in [0.2, 0.25) is 0 Å². The van der Waals surface area contributed by atoms with E-state index >= 15 is 0 Å². The molecule has 0 aliphatic heterocycles. The molecule has 0 radical (unpaired) electrons. The molecule has 3 rings (SSSR count). The minimum absolute atomic E-state index is 0.248. The van der Waals surface area contributed by atoms with Gasteiger partial charge in [-0.2, -0.15) is 0 Å². The Morgan fingerprint density at radius 2 is 1.85 bits per heavy atom. The Hall–Kier alpha value is -2.19. The Morgan fingerprint density at radius 1 is 1.08 bits per heavy atom. The van der Waals surface area contributed by atoms with Crippen molar-refractivity contribution in [3.63, 3.8) is 0 Å². The van der Waals surface area contributed by atoms with E-state index in [1.165, 1.54) is 18.4 Å². The van der Waals surface area contributed by atoms with Crippen molar-refractivity contribution in [3.05, 3.63) is 85.8 Å². The molecule has 0 aliphatic carbocycles. The van der Waals surface area contributed by atoms with Crippen LogP contribution in [0.5, 0.6) is 0 Å². The van der Waals surface area contributed by atoms with Crippen LogP contribution in [0.4, 0.5) is 5.00 Å². The van der Waals surface area contributed by atoms with Gasteiger partial charge in [0, 0.05) is 20.4 Å². The molecule has 0 aliphatic rings. The maximum Gasteiger partial charge on any atom is 0.340 e. The maximum atomic E-state index is 12.5. The van der Waals surface area contributed by atoms with Crippen LogP contribution in [0.3, 0.4) is 0 Å². The maximum absolute atomic E-state index is 12.5. The minimum atomic E-state index is -0.460. The lowest BCUT2D eigenvalue weighted by Crippen LogP contribution is -2.13. The number of esters is 1. The molecule has 26 heavy (non-hydrogen) atoms. The fourth-order valence-corrected chi connectivity index (χ4v) is 4.10. The Balaban J connectivity index is 1.87. The van der Waals surface area contributed by atoms with Gasteiger partial charge in [-0.25, -0.2) is 4.79 Å². The zero-order valence-electron chi connectivity index (χ0n) is 14.0. The van der Waals surface area contributed by atoms with Crippen molar-refractivity contribution in [1.29, 1.82) is 0 Å². The highest BCUT2D eigenvalue weighted by Crippen LogP contribution is 2.31. The van der Waals surface area contributed by atoms with E-state index < -0.39 is 5.97 Å². The van der Waals surface area contributed by atoms with Gasteiger partial charge >= 0.3 is 5.97 Å². The van der Waals surface area contributed by atoms with Crippen molar-refractivity contribution in [2.45, 2.75) is 6.42 Å². The Kier molecular flexibility index (Phi) is 6.05. The largest absolute Gasteiger partial charge is 0.465 e. The number of hydrogen-bond donors (Lipinski definition) is 1. The average Bonchev–Trinajstić information content (AvgIpc) is 3.04. The third-order valence-electron chi connectivity index (χ3n) is 3.72. The summed E-state index contributed by atoms with van der Waals surface area (Å²) in [6, 6.07) is 19.0. The Morgan fingerprint density at radius 3 is 2.54 bits per heavy atom. The summed E-state index contributed by atoms with van der Waals surface area (Å²) in [7, 11) is 1.34. The van der Waals surface area contributed by atoms with Gasteiger partial charge in [-0.15, -0.1) is 11.3 Å². The fraction of sp³-hybridized carbons (Fsp3) is 0.100. The number of rotatable bonds is 5. The zero-order valence-corrected chi connectivity index (χ0v) is 17.0. The molecule has 0 saturated carbocycles. The molecule has 0 bridgehead atoms. The molecular weight excluding hydrogens is 461 g/mol. The van der Waals surface area contributed by atoms with Crippen LogP contribution < -0.4 is 5.32 Å². The van der Waals surface area contributed by atoms with Crippen molar-refractivity contribution < 1.29 is 14.3 Å². The van der Waals surface area contributed by atoms with Gasteiger partial charge in [0.05, 0.1) is 12.7 Å². The highest BCUT2D eigenvalue weighted by Gasteiger charge is 2.19. The number of amides is 1. The first-order valence-electron chi connectivity index (χ1n) is 7.88. The number of carbonyl (C=O) groups is 2. The third-order valence-corrected chi connectivity index (χ3v) is 5.44. The van der Waals surface area contributed by atoms with E-state index in [9.17, 15) is 9.59 Å². The van der Waals surface area contributed by atoms with Crippen LogP contribution in [0, 0.1) is 3.57 Å². The second kappa shape index (κ2) is 8.46. The molecule has 6 heteroatoms. The van der Waals surface area contributed by atoms with Crippen LogP contribution in [-0.2, 0) is 11.2 Å². The first-order chi connectivity index (χ1) is 12.6. The summed E-state index contributed by atoms with van der Waals surface area (Å²) in [5.74, 6) is -0.708. The summed E-state index contributed by atoms with van der Waals surface area (Å²) in [5, 5.41) is 3.36. The van der Waals surface area contributed by atoms with E-state index in [-0.39, 0.29) is 5.91 Å². The summed E-state index contributed by atoms with van der Waals surface area (Å²) in [4.78, 5) is 25.6. The average molecular weight is 477 g/mol. The number of benzene rings is 2. The number of ether oxygens (including phenoxy) is 1. The van der Waals surface area contributed by atoms with Crippen LogP contribution in [-0.4, -0.2) is 19.0 Å². The summed E-state index contributed by atoms with van der Waals surface area (Å²) in [5.41, 5.74) is 2.06. The second-order valence-corrected chi connectivity index (χ2v) is 7.96. The number of nitrogens with one attached hydrogen (secondary N) is 1. The molecule has 1 N–H and O–H groups in total. The van der Waals surface area contributed by atoms with Crippen LogP contribution >= 0.6 is 33.9 Å². The highest BCUT2D eigenvalue weighted by molar-refractivity contribution is 14.1. The Bertz CT molecular complexity index is 937. The Labute approximate surface area is 169 Å². The number of methoxy groups -OCH3 is 1. The van der Waals surface area contributed by atoms with E-state index in [0.717, 1.165) is 14.0 Å². The molecule has 3 aromatic rings. The molecule has 0 unspecified atom stereocenters. The van der Waals surface area contributed by atoms with E-state index in [1.54, 1.807) is 18.2 Å². The summed E-state index contributed by atoms with van der Waals surface area (Å²) in [6.45, 7) is 0. The van der Waals surface area contributed by atoms with E-state index in [2.05, 4.69) is 27.9 Å². The molecule has 1 aromatic heterocycles. The van der Waals surface area contributed by atoms with Gasteiger partial charge in [-0.1, -0.05) is 36.4 Å². The first-order valence-corrected chi connectivity index (χ1v) is 9.78. The van der Waals surface area contributed by atoms with Gasteiger partial charge in [0.2, 0.25) is 0 Å². The molecule has 4 nitrogen and oxygen atoms in total. The van der Waals surface area contributed by atoms with Gasteiger partial charge in [-0.3, -0.25) is 4.79 Å². The normalized spacial score (nSPS) is 10.4. The van der Waals surface area contributed by atoms with Crippen molar-refractivity contribution in [2.75, 3.05) is 12.4 Å². The molecule has 1 heterocycles. The van der Waals surface area contributed by atoms with Crippen LogP contribution in [0.25, 0.3) is 0 Å². The van der Waals surface area contributed by atoms with E-state index in [1.807, 2.05) is 42.5 Å². The lowest BCUT2D eigenvalue weighted by Gasteiger charge is -2.05. The standard InChI is InChI=1S/C20H16INO3S/c1-25-20(24)17-12-16(10-13-6-3-2-4-7-13)26-19(17)22-18(23)14-8-5-9-15(21)11-14/h2-9,11-12H,10H2,1H3,(H,22,23). The molecular formula is C20H16INO3S.